The van der Waals surface area contributed by atoms with E-state index in [1.807, 2.05) is 4.57 Å². The van der Waals surface area contributed by atoms with Gasteiger partial charge in [-0.05, 0) is 18.9 Å². The largest absolute Gasteiger partial charge is 0.394 e. The smallest absolute Gasteiger partial charge is 0.293 e. The maximum atomic E-state index is 12.9. The minimum Gasteiger partial charge on any atom is -0.394 e. The Morgan fingerprint density at radius 3 is 2.87 bits per heavy atom. The van der Waals surface area contributed by atoms with Gasteiger partial charge in [0.05, 0.1) is 12.6 Å². The number of aliphatic hydroxyl groups excluding tert-OH is 1. The van der Waals surface area contributed by atoms with Crippen molar-refractivity contribution in [3.05, 3.63) is 42.0 Å². The fraction of sp³-hybridized carbons (Fsp3) is 0.474. The third kappa shape index (κ3) is 3.20. The zero-order chi connectivity index (χ0) is 20.7. The third-order valence-corrected chi connectivity index (χ3v) is 5.74. The molecule has 0 bridgehead atoms. The second-order valence-electron chi connectivity index (χ2n) is 7.55. The van der Waals surface area contributed by atoms with Crippen LogP contribution < -0.4 is 0 Å². The van der Waals surface area contributed by atoms with E-state index >= 15 is 0 Å². The van der Waals surface area contributed by atoms with E-state index in [4.69, 9.17) is 0 Å². The zero-order valence-electron chi connectivity index (χ0n) is 16.4. The fourth-order valence-electron chi connectivity index (χ4n) is 4.13. The molecular formula is C19H22N8O3. The Balaban J connectivity index is 1.29. The number of hydrogen-bond donors (Lipinski definition) is 1. The summed E-state index contributed by atoms with van der Waals surface area (Å²) in [5, 5.41) is 13.7. The number of carbonyl (C=O) groups excluding carboxylic acids is 2. The van der Waals surface area contributed by atoms with Crippen LogP contribution in [0.2, 0.25) is 0 Å². The van der Waals surface area contributed by atoms with E-state index in [2.05, 4.69) is 20.1 Å². The molecule has 5 heterocycles. The Kier molecular flexibility index (Phi) is 4.66. The molecule has 0 unspecified atom stereocenters. The predicted molar refractivity (Wildman–Crippen MR) is 104 cm³/mol. The molecule has 2 aliphatic rings. The summed E-state index contributed by atoms with van der Waals surface area (Å²) < 4.78 is 3.41. The Bertz CT molecular complexity index is 1050. The standard InChI is InChI=1S/C19H22N8O3/c28-12-13-3-1-6-26(13)17(29)14-11-25-10-9-24(8-4-15(25)21-14)18(30)16-22-19-20-5-2-7-27(19)23-16/h2,5,7,11,13,28H,1,3-4,6,8-10,12H2/t13-/m0/s1. The zero-order valence-corrected chi connectivity index (χ0v) is 16.4. The molecule has 1 atom stereocenters. The minimum absolute atomic E-state index is 0.0248. The van der Waals surface area contributed by atoms with Gasteiger partial charge in [-0.1, -0.05) is 0 Å². The lowest BCUT2D eigenvalue weighted by Gasteiger charge is -2.22. The van der Waals surface area contributed by atoms with Crippen molar-refractivity contribution in [3.8, 4) is 0 Å². The van der Waals surface area contributed by atoms with Crippen molar-refractivity contribution < 1.29 is 14.7 Å². The molecule has 156 valence electrons. The molecule has 0 aliphatic carbocycles. The van der Waals surface area contributed by atoms with Crippen LogP contribution in [0.5, 0.6) is 0 Å². The van der Waals surface area contributed by atoms with E-state index in [1.54, 1.807) is 34.5 Å². The molecule has 1 N–H and O–H groups in total. The average Bonchev–Trinajstić information content (AvgIpc) is 3.48. The number of rotatable bonds is 3. The van der Waals surface area contributed by atoms with E-state index in [9.17, 15) is 14.7 Å². The average molecular weight is 410 g/mol. The maximum Gasteiger partial charge on any atom is 0.293 e. The first-order chi connectivity index (χ1) is 14.6. The van der Waals surface area contributed by atoms with Gasteiger partial charge in [-0.2, -0.15) is 4.98 Å². The number of aliphatic hydroxyl groups is 1. The fourth-order valence-corrected chi connectivity index (χ4v) is 4.13. The van der Waals surface area contributed by atoms with Crippen molar-refractivity contribution in [1.29, 1.82) is 0 Å². The Hall–Kier alpha value is -3.34. The summed E-state index contributed by atoms with van der Waals surface area (Å²) >= 11 is 0. The van der Waals surface area contributed by atoms with Crippen molar-refractivity contribution in [1.82, 2.24) is 38.9 Å². The number of fused-ring (bicyclic) bond motifs is 2. The monoisotopic (exact) mass is 410 g/mol. The van der Waals surface area contributed by atoms with Gasteiger partial charge in [-0.25, -0.2) is 14.5 Å². The van der Waals surface area contributed by atoms with E-state index in [1.165, 1.54) is 4.52 Å². The van der Waals surface area contributed by atoms with Crippen molar-refractivity contribution in [3.63, 3.8) is 0 Å². The highest BCUT2D eigenvalue weighted by molar-refractivity contribution is 5.93. The molecule has 30 heavy (non-hydrogen) atoms. The summed E-state index contributed by atoms with van der Waals surface area (Å²) in [4.78, 5) is 41.9. The molecule has 2 aliphatic heterocycles. The van der Waals surface area contributed by atoms with Crippen molar-refractivity contribution in [2.75, 3.05) is 26.2 Å². The second kappa shape index (κ2) is 7.48. The Morgan fingerprint density at radius 1 is 1.13 bits per heavy atom. The van der Waals surface area contributed by atoms with Gasteiger partial charge in [0, 0.05) is 51.2 Å². The SMILES string of the molecule is O=C(c1nc2ncccn2n1)N1CCc2nc(C(=O)N3CCC[C@H]3CO)cn2CC1. The summed E-state index contributed by atoms with van der Waals surface area (Å²) in [5.41, 5.74) is 0.401. The van der Waals surface area contributed by atoms with Gasteiger partial charge >= 0.3 is 0 Å². The van der Waals surface area contributed by atoms with Gasteiger partial charge in [0.2, 0.25) is 5.82 Å². The number of amides is 2. The molecule has 0 saturated carbocycles. The third-order valence-electron chi connectivity index (χ3n) is 5.74. The van der Waals surface area contributed by atoms with Crippen LogP contribution in [-0.4, -0.2) is 88.1 Å². The quantitative estimate of drug-likeness (QED) is 0.624. The van der Waals surface area contributed by atoms with E-state index in [0.29, 0.717) is 44.1 Å². The van der Waals surface area contributed by atoms with Crippen LogP contribution in [0.15, 0.2) is 24.7 Å². The first-order valence-electron chi connectivity index (χ1n) is 10.1. The predicted octanol–water partition coefficient (Wildman–Crippen LogP) is -0.384. The number of aromatic nitrogens is 6. The second-order valence-corrected chi connectivity index (χ2v) is 7.55. The van der Waals surface area contributed by atoms with Gasteiger partial charge in [0.1, 0.15) is 11.5 Å². The van der Waals surface area contributed by atoms with Crippen LogP contribution in [0.1, 0.15) is 39.8 Å². The lowest BCUT2D eigenvalue weighted by atomic mass is 10.2. The summed E-state index contributed by atoms with van der Waals surface area (Å²) in [6, 6.07) is 1.60. The minimum atomic E-state index is -0.245. The van der Waals surface area contributed by atoms with E-state index in [-0.39, 0.29) is 30.3 Å². The molecule has 1 fully saturated rings. The van der Waals surface area contributed by atoms with Crippen LogP contribution in [0.25, 0.3) is 5.78 Å². The van der Waals surface area contributed by atoms with Gasteiger partial charge in [-0.3, -0.25) is 9.59 Å². The van der Waals surface area contributed by atoms with Crippen molar-refractivity contribution in [2.24, 2.45) is 0 Å². The molecule has 0 aromatic carbocycles. The molecule has 5 rings (SSSR count). The first kappa shape index (κ1) is 18.7. The van der Waals surface area contributed by atoms with Crippen LogP contribution in [0.4, 0.5) is 0 Å². The normalized spacial score (nSPS) is 19.2. The molecule has 11 nitrogen and oxygen atoms in total. The molecule has 0 radical (unpaired) electrons. The molecule has 3 aromatic rings. The highest BCUT2D eigenvalue weighted by atomic mass is 16.3. The topological polar surface area (TPSA) is 122 Å². The van der Waals surface area contributed by atoms with Crippen molar-refractivity contribution in [2.45, 2.75) is 31.8 Å². The molecule has 2 amide bonds. The first-order valence-corrected chi connectivity index (χ1v) is 10.1. The molecule has 0 spiro atoms. The number of imidazole rings is 1. The van der Waals surface area contributed by atoms with Crippen LogP contribution >= 0.6 is 0 Å². The highest BCUT2D eigenvalue weighted by Crippen LogP contribution is 2.20. The lowest BCUT2D eigenvalue weighted by Crippen LogP contribution is -2.38. The summed E-state index contributed by atoms with van der Waals surface area (Å²) in [6.07, 6.45) is 7.31. The van der Waals surface area contributed by atoms with Crippen LogP contribution in [0.3, 0.4) is 0 Å². The summed E-state index contributed by atoms with van der Waals surface area (Å²) in [7, 11) is 0. The summed E-state index contributed by atoms with van der Waals surface area (Å²) in [6.45, 7) is 2.10. The Morgan fingerprint density at radius 2 is 2.03 bits per heavy atom. The van der Waals surface area contributed by atoms with Crippen LogP contribution in [0, 0.1) is 0 Å². The molecule has 1 saturated heterocycles. The van der Waals surface area contributed by atoms with Gasteiger partial charge < -0.3 is 19.5 Å². The number of carbonyl (C=O) groups is 2. The summed E-state index contributed by atoms with van der Waals surface area (Å²) in [5.74, 6) is 0.896. The van der Waals surface area contributed by atoms with E-state index in [0.717, 1.165) is 18.7 Å². The van der Waals surface area contributed by atoms with Crippen LogP contribution in [-0.2, 0) is 13.0 Å². The molecule has 11 heteroatoms. The van der Waals surface area contributed by atoms with Gasteiger partial charge in [-0.15, -0.1) is 5.10 Å². The van der Waals surface area contributed by atoms with Crippen molar-refractivity contribution >= 4 is 17.6 Å². The number of hydrogen-bond acceptors (Lipinski definition) is 7. The highest BCUT2D eigenvalue weighted by Gasteiger charge is 2.31. The lowest BCUT2D eigenvalue weighted by molar-refractivity contribution is 0.0670. The maximum absolute atomic E-state index is 12.9. The number of likely N-dealkylation sites (tertiary alicyclic amines) is 1. The molecule has 3 aromatic heterocycles. The van der Waals surface area contributed by atoms with Gasteiger partial charge in [0.15, 0.2) is 0 Å². The molecular weight excluding hydrogens is 388 g/mol. The number of nitrogens with zero attached hydrogens (tertiary/aromatic N) is 8. The van der Waals surface area contributed by atoms with E-state index < -0.39 is 0 Å². The Labute approximate surface area is 172 Å². The van der Waals surface area contributed by atoms with Gasteiger partial charge in [0.25, 0.3) is 17.6 Å².